The maximum atomic E-state index is 7.39. The van der Waals surface area contributed by atoms with Crippen LogP contribution < -0.4 is 0 Å². The first-order valence-corrected chi connectivity index (χ1v) is 20.1. The van der Waals surface area contributed by atoms with Crippen molar-refractivity contribution in [2.45, 2.75) is 0 Å². The lowest BCUT2D eigenvalue weighted by molar-refractivity contribution is 0.673. The van der Waals surface area contributed by atoms with Crippen molar-refractivity contribution in [2.75, 3.05) is 0 Å². The molecule has 59 heavy (non-hydrogen) atoms. The first kappa shape index (κ1) is 32.1. The van der Waals surface area contributed by atoms with Gasteiger partial charge in [0, 0.05) is 16.2 Å². The van der Waals surface area contributed by atoms with Gasteiger partial charge in [0.25, 0.3) is 0 Å². The summed E-state index contributed by atoms with van der Waals surface area (Å²) >= 11 is 0. The number of rotatable bonds is 2. The topological polar surface area (TPSA) is 17.5 Å². The molecule has 0 saturated heterocycles. The summed E-state index contributed by atoms with van der Waals surface area (Å²) in [5.41, 5.74) is 7.26. The highest BCUT2D eigenvalue weighted by Crippen LogP contribution is 2.46. The van der Waals surface area contributed by atoms with Crippen LogP contribution in [-0.4, -0.2) is 0 Å². The van der Waals surface area contributed by atoms with Gasteiger partial charge in [-0.3, -0.25) is 0 Å². The molecular formula is C57H31NO. The summed E-state index contributed by atoms with van der Waals surface area (Å²) in [6.45, 7) is 7.39. The Kier molecular flexibility index (Phi) is 6.54. The summed E-state index contributed by atoms with van der Waals surface area (Å²) in [4.78, 5) is 3.61. The molecule has 13 aromatic rings. The quantitative estimate of drug-likeness (QED) is 0.0979. The van der Waals surface area contributed by atoms with E-state index in [2.05, 4.69) is 175 Å². The van der Waals surface area contributed by atoms with Crippen molar-refractivity contribution in [3.63, 3.8) is 0 Å². The largest absolute Gasteiger partial charge is 0.455 e. The van der Waals surface area contributed by atoms with E-state index < -0.39 is 0 Å². The van der Waals surface area contributed by atoms with Crippen molar-refractivity contribution in [2.24, 2.45) is 0 Å². The molecule has 2 nitrogen and oxygen atoms in total. The second-order valence-electron chi connectivity index (χ2n) is 15.9. The molecule has 0 bridgehead atoms. The van der Waals surface area contributed by atoms with Crippen LogP contribution >= 0.6 is 0 Å². The lowest BCUT2D eigenvalue weighted by atomic mass is 9.90. The predicted octanol–water partition coefficient (Wildman–Crippen LogP) is 16.7. The van der Waals surface area contributed by atoms with Gasteiger partial charge in [0.2, 0.25) is 0 Å². The smallest absolute Gasteiger partial charge is 0.187 e. The van der Waals surface area contributed by atoms with Crippen molar-refractivity contribution >= 4 is 114 Å². The van der Waals surface area contributed by atoms with Crippen LogP contribution in [0.2, 0.25) is 0 Å². The number of nitrogens with zero attached hydrogens (tertiary/aromatic N) is 1. The van der Waals surface area contributed by atoms with E-state index in [-0.39, 0.29) is 0 Å². The fraction of sp³-hybridized carbons (Fsp3) is 0. The van der Waals surface area contributed by atoms with Crippen LogP contribution in [0.3, 0.4) is 0 Å². The molecule has 0 radical (unpaired) electrons. The number of hydrogen-bond acceptors (Lipinski definition) is 1. The number of hydrogen-bond donors (Lipinski definition) is 0. The molecule has 0 spiro atoms. The first-order valence-electron chi connectivity index (χ1n) is 20.1. The van der Waals surface area contributed by atoms with E-state index in [0.29, 0.717) is 5.69 Å². The van der Waals surface area contributed by atoms with Gasteiger partial charge >= 0.3 is 0 Å². The van der Waals surface area contributed by atoms with E-state index in [9.17, 15) is 0 Å². The van der Waals surface area contributed by atoms with Crippen LogP contribution in [0.1, 0.15) is 0 Å². The van der Waals surface area contributed by atoms with Gasteiger partial charge in [-0.25, -0.2) is 4.85 Å². The molecule has 0 saturated carbocycles. The molecule has 2 heteroatoms. The lowest BCUT2D eigenvalue weighted by Crippen LogP contribution is -1.86. The molecular weight excluding hydrogens is 715 g/mol. The third-order valence-electron chi connectivity index (χ3n) is 12.7. The molecule has 0 fully saturated rings. The van der Waals surface area contributed by atoms with Gasteiger partial charge in [-0.2, -0.15) is 0 Å². The van der Waals surface area contributed by atoms with E-state index in [1.807, 2.05) is 18.2 Å². The molecule has 0 amide bonds. The Bertz CT molecular complexity index is 4010. The van der Waals surface area contributed by atoms with Gasteiger partial charge in [-0.1, -0.05) is 133 Å². The second-order valence-corrected chi connectivity index (χ2v) is 15.9. The maximum absolute atomic E-state index is 7.39. The van der Waals surface area contributed by atoms with Gasteiger partial charge in [0.1, 0.15) is 11.2 Å². The highest BCUT2D eigenvalue weighted by Gasteiger charge is 2.19. The van der Waals surface area contributed by atoms with Crippen molar-refractivity contribution in [3.8, 4) is 22.3 Å². The summed E-state index contributed by atoms with van der Waals surface area (Å²) in [6, 6.07) is 68.4. The van der Waals surface area contributed by atoms with Gasteiger partial charge < -0.3 is 4.42 Å². The summed E-state index contributed by atoms with van der Waals surface area (Å²) in [7, 11) is 0. The minimum atomic E-state index is 0.669. The van der Waals surface area contributed by atoms with E-state index >= 15 is 0 Å². The number of benzene rings is 12. The van der Waals surface area contributed by atoms with Crippen molar-refractivity contribution in [1.29, 1.82) is 0 Å². The van der Waals surface area contributed by atoms with Crippen molar-refractivity contribution in [3.05, 3.63) is 199 Å². The summed E-state index contributed by atoms with van der Waals surface area (Å²) in [5.74, 6) is 0. The molecule has 1 heterocycles. The fourth-order valence-corrected chi connectivity index (χ4v) is 9.86. The molecule has 0 unspecified atom stereocenters. The minimum absolute atomic E-state index is 0.669. The highest BCUT2D eigenvalue weighted by atomic mass is 16.3. The number of fused-ring (bicyclic) bond motifs is 17. The standard InChI is InChI=1S/C57H31NO/c1-58-43-22-20-39-25-41-24-37(18-19-38(41)26-42(39)27-43)33-14-16-34(17-15-33)40-21-23-47-49(29-40)44-10-4-5-11-45(44)51-31-54-55(32-52(47)51)59-57-53-30-36-9-3-2-8-35(36)28-50(53)46-12-6-7-13-48(46)56(54)57/h2-32H. The Morgan fingerprint density at radius 3 is 1.51 bits per heavy atom. The summed E-state index contributed by atoms with van der Waals surface area (Å²) < 4.78 is 6.97. The molecule has 1 aromatic heterocycles. The van der Waals surface area contributed by atoms with Crippen LogP contribution in [-0.2, 0) is 0 Å². The van der Waals surface area contributed by atoms with Crippen LogP contribution in [0.15, 0.2) is 192 Å². The number of furan rings is 1. The Labute approximate surface area is 338 Å². The van der Waals surface area contributed by atoms with Crippen LogP contribution in [0.4, 0.5) is 5.69 Å². The fourth-order valence-electron chi connectivity index (χ4n) is 9.86. The van der Waals surface area contributed by atoms with Crippen molar-refractivity contribution in [1.82, 2.24) is 0 Å². The first-order chi connectivity index (χ1) is 29.1. The Morgan fingerprint density at radius 1 is 0.305 bits per heavy atom. The molecule has 12 aromatic carbocycles. The lowest BCUT2D eigenvalue weighted by Gasteiger charge is -2.13. The second kappa shape index (κ2) is 12.0. The average Bonchev–Trinajstić information content (AvgIpc) is 3.68. The van der Waals surface area contributed by atoms with E-state index in [0.717, 1.165) is 32.7 Å². The molecule has 0 atom stereocenters. The van der Waals surface area contributed by atoms with E-state index in [4.69, 9.17) is 11.0 Å². The van der Waals surface area contributed by atoms with Gasteiger partial charge in [0.15, 0.2) is 5.69 Å². The zero-order chi connectivity index (χ0) is 38.8. The average molecular weight is 746 g/mol. The highest BCUT2D eigenvalue weighted by molar-refractivity contribution is 6.34. The Morgan fingerprint density at radius 2 is 0.797 bits per heavy atom. The Balaban J connectivity index is 0.962. The van der Waals surface area contributed by atoms with Crippen LogP contribution in [0.5, 0.6) is 0 Å². The van der Waals surface area contributed by atoms with Gasteiger partial charge in [-0.15, -0.1) is 0 Å². The van der Waals surface area contributed by atoms with Crippen LogP contribution in [0, 0.1) is 6.57 Å². The minimum Gasteiger partial charge on any atom is -0.455 e. The van der Waals surface area contributed by atoms with Crippen molar-refractivity contribution < 1.29 is 4.42 Å². The molecule has 270 valence electrons. The zero-order valence-corrected chi connectivity index (χ0v) is 31.8. The molecule has 13 rings (SSSR count). The normalized spacial score (nSPS) is 12.1. The van der Waals surface area contributed by atoms with E-state index in [1.165, 1.54) is 97.7 Å². The summed E-state index contributed by atoms with van der Waals surface area (Å²) in [6.07, 6.45) is 0. The summed E-state index contributed by atoms with van der Waals surface area (Å²) in [5, 5.41) is 21.6. The zero-order valence-electron chi connectivity index (χ0n) is 31.8. The molecule has 0 N–H and O–H groups in total. The third-order valence-corrected chi connectivity index (χ3v) is 12.7. The van der Waals surface area contributed by atoms with Gasteiger partial charge in [0.05, 0.1) is 6.57 Å². The molecule has 0 aliphatic carbocycles. The monoisotopic (exact) mass is 745 g/mol. The molecule has 0 aliphatic heterocycles. The maximum Gasteiger partial charge on any atom is 0.187 e. The Hall–Kier alpha value is -7.99. The SMILES string of the molecule is [C-]#[N+]c1ccc2cc3cc(-c4ccc(-c5ccc6c(c5)c5ccccc5c5cc7c(cc65)oc5c6cc8ccccc8cc6c6ccccc6c75)cc4)ccc3cc2c1. The van der Waals surface area contributed by atoms with Gasteiger partial charge in [-0.05, 0) is 158 Å². The predicted molar refractivity (Wildman–Crippen MR) is 251 cm³/mol. The molecule has 0 aliphatic rings. The van der Waals surface area contributed by atoms with E-state index in [1.54, 1.807) is 0 Å². The van der Waals surface area contributed by atoms with Crippen LogP contribution in [0.25, 0.3) is 135 Å². The third kappa shape index (κ3) is 4.74.